The Morgan fingerprint density at radius 1 is 0.429 bits per heavy atom. The van der Waals surface area contributed by atoms with Crippen LogP contribution in [0.2, 0.25) is 0 Å². The van der Waals surface area contributed by atoms with Gasteiger partial charge in [-0.25, -0.2) is 0 Å². The van der Waals surface area contributed by atoms with Crippen molar-refractivity contribution in [2.75, 3.05) is 0 Å². The SMILES string of the molecule is [2H]c1c([2H])c([2H])c2c(c1[2H])Oc1c([2H])c(-c3c([2H])c([2H])c([2H])c([2H])c3-c3c([2H])c([2H])c([2H])c4oc5c6c([2H])c([2H])c([2H])c([2H])c6c([2H])c([2H])c5c34)c([2H])c([2H])c1C21c2c([2H])c([2H])c([2H])c([2H])c2-c2c([2H])c([2H])c([2H])c([2H])c21. The Morgan fingerprint density at radius 2 is 1.06 bits per heavy atom. The Balaban J connectivity index is 1.38. The van der Waals surface area contributed by atoms with E-state index in [0.717, 1.165) is 0 Å². The van der Waals surface area contributed by atoms with Crippen LogP contribution >= 0.6 is 0 Å². The highest BCUT2D eigenvalue weighted by Gasteiger charge is 2.50. The largest absolute Gasteiger partial charge is 0.457 e. The van der Waals surface area contributed by atoms with E-state index >= 15 is 0 Å². The first kappa shape index (κ1) is 11.4. The van der Waals surface area contributed by atoms with Crippen LogP contribution in [0.15, 0.2) is 174 Å². The van der Waals surface area contributed by atoms with Gasteiger partial charge in [0.05, 0.1) is 43.8 Å². The Morgan fingerprint density at radius 3 is 1.88 bits per heavy atom. The highest BCUT2D eigenvalue weighted by molar-refractivity contribution is 6.19. The molecular weight excluding hydrogens is 597 g/mol. The van der Waals surface area contributed by atoms with Crippen molar-refractivity contribution in [1.82, 2.24) is 0 Å². The van der Waals surface area contributed by atoms with Crippen LogP contribution in [0.25, 0.3) is 66.1 Å². The number of hydrogen-bond donors (Lipinski definition) is 0. The van der Waals surface area contributed by atoms with Gasteiger partial charge in [-0.3, -0.25) is 0 Å². The van der Waals surface area contributed by atoms with Gasteiger partial charge < -0.3 is 9.15 Å². The predicted molar refractivity (Wildman–Crippen MR) is 199 cm³/mol. The van der Waals surface area contributed by atoms with Gasteiger partial charge in [0, 0.05) is 27.3 Å². The maximum atomic E-state index is 10.1. The van der Waals surface area contributed by atoms with Gasteiger partial charge in [-0.15, -0.1) is 0 Å². The molecule has 2 heterocycles. The summed E-state index contributed by atoms with van der Waals surface area (Å²) < 4.78 is 267. The molecule has 0 N–H and O–H groups in total. The van der Waals surface area contributed by atoms with Crippen LogP contribution in [0.5, 0.6) is 11.5 Å². The fourth-order valence-electron chi connectivity index (χ4n) is 6.75. The van der Waals surface area contributed by atoms with Crippen molar-refractivity contribution in [2.45, 2.75) is 5.41 Å². The molecule has 1 aliphatic carbocycles. The number of fused-ring (bicyclic) bond motifs is 14. The summed E-state index contributed by atoms with van der Waals surface area (Å²) in [5.74, 6) is -1.87. The fraction of sp³-hybridized carbons (Fsp3) is 0.0213. The van der Waals surface area contributed by atoms with Crippen LogP contribution in [0.1, 0.15) is 60.6 Å². The van der Waals surface area contributed by atoms with Crippen molar-refractivity contribution in [1.29, 1.82) is 0 Å². The molecule has 49 heavy (non-hydrogen) atoms. The third kappa shape index (κ3) is 3.50. The fourth-order valence-corrected chi connectivity index (χ4v) is 6.75. The Bertz CT molecular complexity index is 4340. The molecule has 2 nitrogen and oxygen atoms in total. The van der Waals surface area contributed by atoms with E-state index in [0.29, 0.717) is 0 Å². The Hall–Kier alpha value is -6.38. The molecular formula is C47H28O2. The van der Waals surface area contributed by atoms with Crippen LogP contribution in [-0.2, 0) is 5.41 Å². The molecule has 1 aromatic heterocycles. The second kappa shape index (κ2) is 9.82. The first-order chi connectivity index (χ1) is 36.0. The molecule has 0 atom stereocenters. The minimum atomic E-state index is -2.92. The third-order valence-corrected chi connectivity index (χ3v) is 8.70. The van der Waals surface area contributed by atoms with Crippen LogP contribution in [-0.4, -0.2) is 0 Å². The van der Waals surface area contributed by atoms with Gasteiger partial charge in [0.1, 0.15) is 22.7 Å². The smallest absolute Gasteiger partial charge is 0.143 e. The summed E-state index contributed by atoms with van der Waals surface area (Å²) in [6.45, 7) is 0. The van der Waals surface area contributed by atoms with Gasteiger partial charge in [-0.1, -0.05) is 145 Å². The molecule has 2 heteroatoms. The molecule has 0 fully saturated rings. The average Bonchev–Trinajstić information content (AvgIpc) is 4.01. The van der Waals surface area contributed by atoms with Crippen molar-refractivity contribution >= 4 is 32.7 Å². The monoisotopic (exact) mass is 652 g/mol. The van der Waals surface area contributed by atoms with Crippen LogP contribution < -0.4 is 4.74 Å². The lowest BCUT2D eigenvalue weighted by molar-refractivity contribution is 0.436. The maximum Gasteiger partial charge on any atom is 0.143 e. The summed E-state index contributed by atoms with van der Waals surface area (Å²) >= 11 is 0. The average molecular weight is 653 g/mol. The van der Waals surface area contributed by atoms with Crippen molar-refractivity contribution in [3.63, 3.8) is 0 Å². The standard InChI is InChI=1S/C47H28O2/c1-2-14-32-29(12-1)24-26-37-45-36(18-11-23-43(45)49-46(32)37)33-15-4-3-13-31(33)30-25-27-41-44(28-30)48-42-22-10-9-21-40(42)47(41)38-19-7-5-16-34(38)35-17-6-8-20-39(35)47/h1-28H/i1D,2D,3D,4D,5D,6D,7D,8D,9D,10D,11D,12D,13D,14D,15D,16D,17D,18D,19D,20D,21D,22D,23D,24D,25D,26D,27D,28D. The minimum Gasteiger partial charge on any atom is -0.457 e. The number of furan rings is 1. The van der Waals surface area contributed by atoms with Crippen molar-refractivity contribution in [2.24, 2.45) is 0 Å². The molecule has 8 aromatic carbocycles. The number of para-hydroxylation sites is 1. The third-order valence-electron chi connectivity index (χ3n) is 8.70. The quantitative estimate of drug-likeness (QED) is 0.185. The topological polar surface area (TPSA) is 22.4 Å². The van der Waals surface area contributed by atoms with Gasteiger partial charge in [0.25, 0.3) is 0 Å². The zero-order valence-electron chi connectivity index (χ0n) is 52.3. The van der Waals surface area contributed by atoms with Crippen molar-refractivity contribution in [3.8, 4) is 44.9 Å². The van der Waals surface area contributed by atoms with E-state index in [9.17, 15) is 17.8 Å². The van der Waals surface area contributed by atoms with E-state index in [1.807, 2.05) is 0 Å². The van der Waals surface area contributed by atoms with Gasteiger partial charge >= 0.3 is 0 Å². The summed E-state index contributed by atoms with van der Waals surface area (Å²) in [7, 11) is 0. The maximum absolute atomic E-state index is 10.1. The first-order valence-electron chi connectivity index (χ1n) is 28.6. The number of ether oxygens (including phenoxy) is 1. The minimum absolute atomic E-state index is 0.466. The van der Waals surface area contributed by atoms with E-state index < -0.39 is 274 Å². The summed E-state index contributed by atoms with van der Waals surface area (Å²) in [6, 6.07) is -26.7. The highest BCUT2D eigenvalue weighted by atomic mass is 16.5. The lowest BCUT2D eigenvalue weighted by Gasteiger charge is -2.39. The summed E-state index contributed by atoms with van der Waals surface area (Å²) in [5, 5.41) is -2.04. The van der Waals surface area contributed by atoms with Crippen LogP contribution in [0.4, 0.5) is 0 Å². The Labute approximate surface area is 322 Å². The van der Waals surface area contributed by atoms with E-state index in [2.05, 4.69) is 0 Å². The molecule has 228 valence electrons. The molecule has 11 rings (SSSR count). The number of benzene rings is 8. The number of rotatable bonds is 2. The predicted octanol–water partition coefficient (Wildman–Crippen LogP) is 12.5. The highest BCUT2D eigenvalue weighted by Crippen LogP contribution is 2.62. The lowest BCUT2D eigenvalue weighted by Crippen LogP contribution is -2.32. The molecule has 2 aliphatic rings. The molecule has 1 aliphatic heterocycles. The van der Waals surface area contributed by atoms with Crippen molar-refractivity contribution < 1.29 is 47.5 Å². The van der Waals surface area contributed by atoms with Gasteiger partial charge in [0.2, 0.25) is 0 Å². The summed E-state index contributed by atoms with van der Waals surface area (Å²) in [4.78, 5) is 0. The zero-order valence-corrected chi connectivity index (χ0v) is 24.3. The normalized spacial score (nSPS) is 21.6. The first-order valence-corrected chi connectivity index (χ1v) is 14.6. The molecule has 1 spiro atoms. The van der Waals surface area contributed by atoms with Crippen LogP contribution in [0, 0.1) is 0 Å². The summed E-state index contributed by atoms with van der Waals surface area (Å²) in [6.07, 6.45) is 0. The van der Waals surface area contributed by atoms with Gasteiger partial charge in [0.15, 0.2) is 0 Å². The van der Waals surface area contributed by atoms with E-state index in [1.165, 1.54) is 0 Å². The summed E-state index contributed by atoms with van der Waals surface area (Å²) in [5.41, 5.74) is -11.8. The molecule has 0 amide bonds. The molecule has 0 unspecified atom stereocenters. The van der Waals surface area contributed by atoms with E-state index in [-0.39, 0.29) is 0 Å². The van der Waals surface area contributed by atoms with Crippen LogP contribution in [0.3, 0.4) is 0 Å². The molecule has 0 radical (unpaired) electrons. The molecule has 9 aromatic rings. The van der Waals surface area contributed by atoms with Gasteiger partial charge in [-0.2, -0.15) is 0 Å². The molecule has 0 saturated carbocycles. The van der Waals surface area contributed by atoms with Gasteiger partial charge in [-0.05, 0) is 74.1 Å². The number of hydrogen-bond acceptors (Lipinski definition) is 2. The molecule has 0 saturated heterocycles. The zero-order chi connectivity index (χ0) is 56.5. The van der Waals surface area contributed by atoms with E-state index in [1.54, 1.807) is 0 Å². The van der Waals surface area contributed by atoms with E-state index in [4.69, 9.17) is 29.7 Å². The second-order valence-electron chi connectivity index (χ2n) is 11.0. The van der Waals surface area contributed by atoms with Crippen molar-refractivity contribution in [3.05, 3.63) is 191 Å². The second-order valence-corrected chi connectivity index (χ2v) is 11.0. The Kier molecular flexibility index (Phi) is 2.28. The lowest BCUT2D eigenvalue weighted by atomic mass is 9.66. The molecule has 0 bridgehead atoms.